The van der Waals surface area contributed by atoms with Crippen molar-refractivity contribution in [3.63, 3.8) is 0 Å². The molecule has 0 saturated carbocycles. The Balaban J connectivity index is 2.23. The topological polar surface area (TPSA) is 39.1 Å². The maximum absolute atomic E-state index is 12.9. The third kappa shape index (κ3) is 2.46. The van der Waals surface area contributed by atoms with Gasteiger partial charge in [0.15, 0.2) is 0 Å². The molecule has 3 aromatic rings. The first kappa shape index (κ1) is 14.6. The van der Waals surface area contributed by atoms with Crippen LogP contribution in [0.5, 0.6) is 0 Å². The SMILES string of the molecule is CCc1ccn(S(=O)(=O)c2ccccc2)c1-c1ccccc1. The van der Waals surface area contributed by atoms with Crippen LogP contribution >= 0.6 is 0 Å². The molecule has 0 amide bonds. The van der Waals surface area contributed by atoms with Crippen LogP contribution in [-0.4, -0.2) is 12.4 Å². The molecule has 0 N–H and O–H groups in total. The molecule has 1 aromatic heterocycles. The summed E-state index contributed by atoms with van der Waals surface area (Å²) in [5.41, 5.74) is 2.67. The van der Waals surface area contributed by atoms with E-state index in [9.17, 15) is 8.42 Å². The molecule has 0 unspecified atom stereocenters. The molecular weight excluding hydrogens is 294 g/mol. The number of aryl methyl sites for hydroxylation is 1. The van der Waals surface area contributed by atoms with E-state index in [0.29, 0.717) is 4.90 Å². The van der Waals surface area contributed by atoms with Crippen LogP contribution in [0.15, 0.2) is 77.8 Å². The molecule has 1 heterocycles. The second kappa shape index (κ2) is 5.81. The monoisotopic (exact) mass is 311 g/mol. The maximum Gasteiger partial charge on any atom is 0.268 e. The molecule has 3 nitrogen and oxygen atoms in total. The minimum absolute atomic E-state index is 0.297. The van der Waals surface area contributed by atoms with Crippen LogP contribution < -0.4 is 0 Å². The van der Waals surface area contributed by atoms with Crippen LogP contribution in [0.4, 0.5) is 0 Å². The summed E-state index contributed by atoms with van der Waals surface area (Å²) < 4.78 is 27.2. The van der Waals surface area contributed by atoms with Gasteiger partial charge < -0.3 is 0 Å². The van der Waals surface area contributed by atoms with Crippen LogP contribution in [0.25, 0.3) is 11.3 Å². The van der Waals surface area contributed by atoms with Gasteiger partial charge in [-0.1, -0.05) is 55.5 Å². The van der Waals surface area contributed by atoms with Gasteiger partial charge in [0.25, 0.3) is 10.0 Å². The van der Waals surface area contributed by atoms with Crippen molar-refractivity contribution in [2.24, 2.45) is 0 Å². The highest BCUT2D eigenvalue weighted by molar-refractivity contribution is 7.90. The van der Waals surface area contributed by atoms with Gasteiger partial charge in [0.2, 0.25) is 0 Å². The Hall–Kier alpha value is -2.33. The summed E-state index contributed by atoms with van der Waals surface area (Å²) >= 11 is 0. The molecule has 0 aliphatic carbocycles. The number of rotatable bonds is 4. The molecule has 0 atom stereocenters. The summed E-state index contributed by atoms with van der Waals surface area (Å²) in [6.45, 7) is 2.03. The van der Waals surface area contributed by atoms with Crippen molar-refractivity contribution in [3.05, 3.63) is 78.5 Å². The van der Waals surface area contributed by atoms with Crippen molar-refractivity contribution in [2.45, 2.75) is 18.2 Å². The van der Waals surface area contributed by atoms with Gasteiger partial charge in [-0.05, 0) is 35.7 Å². The van der Waals surface area contributed by atoms with Gasteiger partial charge in [-0.25, -0.2) is 12.4 Å². The zero-order valence-electron chi connectivity index (χ0n) is 12.3. The lowest BCUT2D eigenvalue weighted by Crippen LogP contribution is -2.13. The van der Waals surface area contributed by atoms with Gasteiger partial charge in [0.05, 0.1) is 10.6 Å². The van der Waals surface area contributed by atoms with Crippen LogP contribution in [0.3, 0.4) is 0 Å². The van der Waals surface area contributed by atoms with Crippen LogP contribution in [0, 0.1) is 0 Å². The van der Waals surface area contributed by atoms with Gasteiger partial charge in [-0.3, -0.25) is 0 Å². The molecule has 0 fully saturated rings. The highest BCUT2D eigenvalue weighted by Gasteiger charge is 2.22. The van der Waals surface area contributed by atoms with Crippen molar-refractivity contribution in [1.29, 1.82) is 0 Å². The normalized spacial score (nSPS) is 11.5. The summed E-state index contributed by atoms with van der Waals surface area (Å²) in [5.74, 6) is 0. The van der Waals surface area contributed by atoms with E-state index in [2.05, 4.69) is 0 Å². The molecule has 2 aromatic carbocycles. The number of aromatic nitrogens is 1. The number of nitrogens with zero attached hydrogens (tertiary/aromatic N) is 1. The van der Waals surface area contributed by atoms with E-state index in [0.717, 1.165) is 23.2 Å². The van der Waals surface area contributed by atoms with Gasteiger partial charge >= 0.3 is 0 Å². The van der Waals surface area contributed by atoms with Crippen LogP contribution in [0.2, 0.25) is 0 Å². The van der Waals surface area contributed by atoms with Crippen molar-refractivity contribution in [1.82, 2.24) is 3.97 Å². The molecule has 112 valence electrons. The zero-order chi connectivity index (χ0) is 15.6. The van der Waals surface area contributed by atoms with E-state index in [-0.39, 0.29) is 0 Å². The lowest BCUT2D eigenvalue weighted by Gasteiger charge is -2.12. The summed E-state index contributed by atoms with van der Waals surface area (Å²) in [7, 11) is -3.59. The van der Waals surface area contributed by atoms with Crippen LogP contribution in [-0.2, 0) is 16.4 Å². The molecule has 0 bridgehead atoms. The Morgan fingerprint density at radius 2 is 1.45 bits per heavy atom. The molecule has 4 heteroatoms. The number of hydrogen-bond acceptors (Lipinski definition) is 2. The van der Waals surface area contributed by atoms with E-state index < -0.39 is 10.0 Å². The Morgan fingerprint density at radius 3 is 2.05 bits per heavy atom. The standard InChI is InChI=1S/C18H17NO2S/c1-2-15-13-14-19(18(15)16-9-5-3-6-10-16)22(20,21)17-11-7-4-8-12-17/h3-14H,2H2,1H3. The van der Waals surface area contributed by atoms with E-state index in [1.807, 2.05) is 49.4 Å². The maximum atomic E-state index is 12.9. The fourth-order valence-electron chi connectivity index (χ4n) is 2.55. The van der Waals surface area contributed by atoms with Gasteiger partial charge in [-0.2, -0.15) is 0 Å². The van der Waals surface area contributed by atoms with Gasteiger partial charge in [0.1, 0.15) is 0 Å². The van der Waals surface area contributed by atoms with E-state index in [4.69, 9.17) is 0 Å². The Bertz CT molecular complexity index is 866. The smallest absolute Gasteiger partial charge is 0.241 e. The number of benzene rings is 2. The predicted octanol–water partition coefficient (Wildman–Crippen LogP) is 3.95. The van der Waals surface area contributed by atoms with Gasteiger partial charge in [0, 0.05) is 6.20 Å². The van der Waals surface area contributed by atoms with E-state index >= 15 is 0 Å². The molecule has 0 saturated heterocycles. The second-order valence-corrected chi connectivity index (χ2v) is 6.84. The summed E-state index contributed by atoms with van der Waals surface area (Å²) in [5, 5.41) is 0. The van der Waals surface area contributed by atoms with Crippen molar-refractivity contribution < 1.29 is 8.42 Å². The largest absolute Gasteiger partial charge is 0.268 e. The predicted molar refractivity (Wildman–Crippen MR) is 88.3 cm³/mol. The molecule has 3 rings (SSSR count). The van der Waals surface area contributed by atoms with Crippen molar-refractivity contribution in [3.8, 4) is 11.3 Å². The average Bonchev–Trinajstić information content (AvgIpc) is 3.01. The first-order valence-electron chi connectivity index (χ1n) is 7.21. The average molecular weight is 311 g/mol. The molecular formula is C18H17NO2S. The highest BCUT2D eigenvalue weighted by Crippen LogP contribution is 2.29. The fraction of sp³-hybridized carbons (Fsp3) is 0.111. The van der Waals surface area contributed by atoms with Gasteiger partial charge in [-0.15, -0.1) is 0 Å². The molecule has 0 aliphatic heterocycles. The van der Waals surface area contributed by atoms with E-state index in [1.165, 1.54) is 3.97 Å². The third-order valence-electron chi connectivity index (χ3n) is 3.66. The van der Waals surface area contributed by atoms with E-state index in [1.54, 1.807) is 30.5 Å². The third-order valence-corrected chi connectivity index (χ3v) is 5.35. The first-order chi connectivity index (χ1) is 10.6. The minimum Gasteiger partial charge on any atom is -0.241 e. The summed E-state index contributed by atoms with van der Waals surface area (Å²) in [6.07, 6.45) is 2.42. The first-order valence-corrected chi connectivity index (χ1v) is 8.65. The fourth-order valence-corrected chi connectivity index (χ4v) is 3.97. The quantitative estimate of drug-likeness (QED) is 0.731. The summed E-state index contributed by atoms with van der Waals surface area (Å²) in [4.78, 5) is 0.297. The van der Waals surface area contributed by atoms with Crippen molar-refractivity contribution >= 4 is 10.0 Å². The molecule has 22 heavy (non-hydrogen) atoms. The molecule has 0 aliphatic rings. The lowest BCUT2D eigenvalue weighted by atomic mass is 10.1. The Morgan fingerprint density at radius 1 is 0.864 bits per heavy atom. The van der Waals surface area contributed by atoms with Crippen molar-refractivity contribution in [2.75, 3.05) is 0 Å². The molecule has 0 radical (unpaired) electrons. The highest BCUT2D eigenvalue weighted by atomic mass is 32.2. The summed E-state index contributed by atoms with van der Waals surface area (Å²) in [6, 6.07) is 20.0. The molecule has 0 spiro atoms. The minimum atomic E-state index is -3.59. The second-order valence-electron chi connectivity index (χ2n) is 5.02. The Labute approximate surface area is 130 Å². The number of hydrogen-bond donors (Lipinski definition) is 0. The zero-order valence-corrected chi connectivity index (χ0v) is 13.1. The Kier molecular flexibility index (Phi) is 3.86. The lowest BCUT2D eigenvalue weighted by molar-refractivity contribution is 0.588. The van der Waals surface area contributed by atoms with Crippen LogP contribution in [0.1, 0.15) is 12.5 Å².